The maximum atomic E-state index is 14.2. The molecule has 1 aliphatic carbocycles. The van der Waals surface area contributed by atoms with E-state index in [0.717, 1.165) is 36.0 Å². The second-order valence-corrected chi connectivity index (χ2v) is 7.96. The van der Waals surface area contributed by atoms with Crippen LogP contribution >= 0.6 is 15.9 Å². The average Bonchev–Trinajstić information content (AvgIpc) is 3.23. The van der Waals surface area contributed by atoms with Crippen molar-refractivity contribution >= 4 is 33.0 Å². The molecule has 0 bridgehead atoms. The third kappa shape index (κ3) is 4.28. The molecular weight excluding hydrogens is 449 g/mol. The number of hydrogen-bond donors (Lipinski definition) is 1. The second kappa shape index (κ2) is 8.79. The van der Waals surface area contributed by atoms with Gasteiger partial charge in [-0.05, 0) is 60.7 Å². The Bertz CT molecular complexity index is 1140. The number of ether oxygens (including phenoxy) is 1. The fourth-order valence-electron chi connectivity index (χ4n) is 3.68. The summed E-state index contributed by atoms with van der Waals surface area (Å²) in [6.07, 6.45) is 2.63. The van der Waals surface area contributed by atoms with Gasteiger partial charge in [0, 0.05) is 15.6 Å². The van der Waals surface area contributed by atoms with E-state index in [2.05, 4.69) is 20.9 Å². The molecule has 30 heavy (non-hydrogen) atoms. The Hall–Kier alpha value is -2.99. The molecule has 0 saturated carbocycles. The van der Waals surface area contributed by atoms with Crippen LogP contribution in [0.2, 0.25) is 0 Å². The largest absolute Gasteiger partial charge is 0.488 e. The maximum Gasteiger partial charge on any atom is 0.354 e. The molecule has 1 aliphatic rings. The number of carboxylic acids is 1. The van der Waals surface area contributed by atoms with E-state index in [1.807, 2.05) is 30.3 Å². The van der Waals surface area contributed by atoms with Crippen molar-refractivity contribution in [3.8, 4) is 5.75 Å². The number of pyridine rings is 1. The monoisotopic (exact) mass is 467 g/mol. The van der Waals surface area contributed by atoms with Gasteiger partial charge in [0.1, 0.15) is 23.9 Å². The average molecular weight is 468 g/mol. The van der Waals surface area contributed by atoms with Crippen LogP contribution in [-0.2, 0) is 6.61 Å². The Kier molecular flexibility index (Phi) is 5.95. The Morgan fingerprint density at radius 1 is 1.07 bits per heavy atom. The Morgan fingerprint density at radius 2 is 1.87 bits per heavy atom. The van der Waals surface area contributed by atoms with Crippen LogP contribution in [0.25, 0.3) is 11.1 Å². The number of allylic oxidation sites excluding steroid dienone is 2. The first-order valence-corrected chi connectivity index (χ1v) is 10.4. The highest BCUT2D eigenvalue weighted by Gasteiger charge is 2.22. The quantitative estimate of drug-likeness (QED) is 0.458. The first-order valence-electron chi connectivity index (χ1n) is 9.62. The zero-order chi connectivity index (χ0) is 21.1. The van der Waals surface area contributed by atoms with Crippen molar-refractivity contribution < 1.29 is 19.0 Å². The lowest BCUT2D eigenvalue weighted by Crippen LogP contribution is -2.03. The summed E-state index contributed by atoms with van der Waals surface area (Å²) in [6.45, 7) is 0.117. The minimum absolute atomic E-state index is 0.0292. The van der Waals surface area contributed by atoms with Gasteiger partial charge in [0.05, 0.1) is 5.69 Å². The highest BCUT2D eigenvalue weighted by molar-refractivity contribution is 9.10. The molecule has 152 valence electrons. The van der Waals surface area contributed by atoms with Crippen LogP contribution in [-0.4, -0.2) is 16.1 Å². The normalized spacial score (nSPS) is 13.5. The number of benzene rings is 2. The highest BCUT2D eigenvalue weighted by atomic mass is 79.9. The molecule has 6 heteroatoms. The van der Waals surface area contributed by atoms with E-state index in [0.29, 0.717) is 21.5 Å². The van der Waals surface area contributed by atoms with Gasteiger partial charge in [-0.2, -0.15) is 0 Å². The van der Waals surface area contributed by atoms with E-state index < -0.39 is 5.97 Å². The van der Waals surface area contributed by atoms with Gasteiger partial charge in [-0.3, -0.25) is 0 Å². The summed E-state index contributed by atoms with van der Waals surface area (Å²) in [5.74, 6) is -0.696. The number of carboxylic acid groups (broad SMARTS) is 1. The van der Waals surface area contributed by atoms with Crippen molar-refractivity contribution in [3.63, 3.8) is 0 Å². The lowest BCUT2D eigenvalue weighted by Gasteiger charge is -2.15. The lowest BCUT2D eigenvalue weighted by atomic mass is 9.99. The van der Waals surface area contributed by atoms with Crippen LogP contribution in [0.15, 0.2) is 65.1 Å². The van der Waals surface area contributed by atoms with E-state index in [9.17, 15) is 14.3 Å². The van der Waals surface area contributed by atoms with Crippen LogP contribution in [0.4, 0.5) is 4.39 Å². The van der Waals surface area contributed by atoms with Crippen LogP contribution < -0.4 is 4.74 Å². The summed E-state index contributed by atoms with van der Waals surface area (Å²) < 4.78 is 20.8. The van der Waals surface area contributed by atoms with Gasteiger partial charge >= 0.3 is 5.97 Å². The molecule has 0 amide bonds. The van der Waals surface area contributed by atoms with Gasteiger partial charge in [-0.15, -0.1) is 0 Å². The summed E-state index contributed by atoms with van der Waals surface area (Å²) in [7, 11) is 0. The highest BCUT2D eigenvalue weighted by Crippen LogP contribution is 2.42. The zero-order valence-electron chi connectivity index (χ0n) is 16.1. The standard InChI is InChI=1S/C24H19BrFNO3/c25-16-12-11-15(20(26)13-16)14-30-23-10-2-1-5-19(23)17-6-3-7-18(17)21-8-4-9-22(27-21)24(28)29/h1-2,4-5,8-13H,3,6-7,14H2,(H,28,29). The number of nitrogens with zero attached hydrogens (tertiary/aromatic N) is 1. The SMILES string of the molecule is O=C(O)c1cccc(C2=C(c3ccccc3OCc3ccc(Br)cc3F)CCC2)n1. The van der Waals surface area contributed by atoms with Gasteiger partial charge in [0.15, 0.2) is 0 Å². The van der Waals surface area contributed by atoms with Gasteiger partial charge < -0.3 is 9.84 Å². The second-order valence-electron chi connectivity index (χ2n) is 7.04. The number of carbonyl (C=O) groups is 1. The third-order valence-electron chi connectivity index (χ3n) is 5.11. The fourth-order valence-corrected chi connectivity index (χ4v) is 4.01. The van der Waals surface area contributed by atoms with Crippen LogP contribution in [0, 0.1) is 5.82 Å². The zero-order valence-corrected chi connectivity index (χ0v) is 17.7. The summed E-state index contributed by atoms with van der Waals surface area (Å²) in [6, 6.07) is 17.6. The molecule has 0 radical (unpaired) electrons. The van der Waals surface area contributed by atoms with E-state index in [1.54, 1.807) is 18.2 Å². The number of aromatic nitrogens is 1. The molecule has 1 N–H and O–H groups in total. The number of aromatic carboxylic acids is 1. The van der Waals surface area contributed by atoms with Crippen molar-refractivity contribution in [2.24, 2.45) is 0 Å². The molecule has 0 fully saturated rings. The fraction of sp³-hybridized carbons (Fsp3) is 0.167. The van der Waals surface area contributed by atoms with E-state index >= 15 is 0 Å². The van der Waals surface area contributed by atoms with E-state index in [1.165, 1.54) is 12.1 Å². The molecule has 2 aromatic carbocycles. The Balaban J connectivity index is 1.67. The van der Waals surface area contributed by atoms with Crippen molar-refractivity contribution in [2.45, 2.75) is 25.9 Å². The number of hydrogen-bond acceptors (Lipinski definition) is 3. The Morgan fingerprint density at radius 3 is 2.67 bits per heavy atom. The van der Waals surface area contributed by atoms with E-state index in [4.69, 9.17) is 4.74 Å². The van der Waals surface area contributed by atoms with Crippen molar-refractivity contribution in [1.29, 1.82) is 0 Å². The van der Waals surface area contributed by atoms with Crippen LogP contribution in [0.3, 0.4) is 0 Å². The minimum Gasteiger partial charge on any atom is -0.488 e. The van der Waals surface area contributed by atoms with Gasteiger partial charge in [0.25, 0.3) is 0 Å². The molecular formula is C24H19BrFNO3. The molecule has 0 saturated heterocycles. The van der Waals surface area contributed by atoms with Crippen molar-refractivity contribution in [1.82, 2.24) is 4.98 Å². The molecule has 3 aromatic rings. The third-order valence-corrected chi connectivity index (χ3v) is 5.60. The molecule has 0 unspecified atom stereocenters. The summed E-state index contributed by atoms with van der Waals surface area (Å²) >= 11 is 3.26. The molecule has 0 atom stereocenters. The van der Waals surface area contributed by atoms with Crippen molar-refractivity contribution in [2.75, 3.05) is 0 Å². The minimum atomic E-state index is -1.04. The number of halogens is 2. The molecule has 0 aliphatic heterocycles. The Labute approximate surface area is 182 Å². The van der Waals surface area contributed by atoms with Gasteiger partial charge in [-0.1, -0.05) is 46.3 Å². The molecule has 0 spiro atoms. The number of para-hydroxylation sites is 1. The maximum absolute atomic E-state index is 14.2. The molecule has 1 heterocycles. The first kappa shape index (κ1) is 20.3. The topological polar surface area (TPSA) is 59.4 Å². The number of rotatable bonds is 6. The predicted octanol–water partition coefficient (Wildman–Crippen LogP) is 6.36. The van der Waals surface area contributed by atoms with E-state index in [-0.39, 0.29) is 18.1 Å². The lowest BCUT2D eigenvalue weighted by molar-refractivity contribution is 0.0690. The first-order chi connectivity index (χ1) is 14.5. The summed E-state index contributed by atoms with van der Waals surface area (Å²) in [5, 5.41) is 9.26. The molecule has 4 nitrogen and oxygen atoms in total. The molecule has 1 aromatic heterocycles. The van der Waals surface area contributed by atoms with Gasteiger partial charge in [-0.25, -0.2) is 14.2 Å². The summed E-state index contributed by atoms with van der Waals surface area (Å²) in [4.78, 5) is 15.6. The van der Waals surface area contributed by atoms with Crippen LogP contribution in [0.5, 0.6) is 5.75 Å². The summed E-state index contributed by atoms with van der Waals surface area (Å²) in [5.41, 5.74) is 4.24. The van der Waals surface area contributed by atoms with Crippen molar-refractivity contribution in [3.05, 3.63) is 93.5 Å². The van der Waals surface area contributed by atoms with Gasteiger partial charge in [0.2, 0.25) is 0 Å². The predicted molar refractivity (Wildman–Crippen MR) is 117 cm³/mol. The smallest absolute Gasteiger partial charge is 0.354 e. The van der Waals surface area contributed by atoms with Crippen LogP contribution in [0.1, 0.15) is 46.6 Å². The molecule has 4 rings (SSSR count).